The Morgan fingerprint density at radius 2 is 1.86 bits per heavy atom. The topological polar surface area (TPSA) is 20.7 Å². The summed E-state index contributed by atoms with van der Waals surface area (Å²) in [4.78, 5) is 3.21. The molecule has 21 heavy (non-hydrogen) atoms. The largest absolute Gasteiger partial charge is 0.331 e. The van der Waals surface area contributed by atoms with Crippen LogP contribution in [0.15, 0.2) is 42.5 Å². The van der Waals surface area contributed by atoms with Crippen molar-refractivity contribution in [3.8, 4) is 0 Å². The van der Waals surface area contributed by atoms with E-state index in [9.17, 15) is 0 Å². The van der Waals surface area contributed by atoms with Gasteiger partial charge in [-0.15, -0.1) is 0 Å². The molecule has 0 fully saturated rings. The molecule has 0 bridgehead atoms. The third-order valence-electron chi connectivity index (χ3n) is 3.73. The van der Waals surface area contributed by atoms with Crippen LogP contribution in [0.1, 0.15) is 30.9 Å². The Hall–Kier alpha value is -1.58. The molecule has 0 aliphatic carbocycles. The summed E-state index contributed by atoms with van der Waals surface area (Å²) in [5.41, 5.74) is 4.51. The van der Waals surface area contributed by atoms with Gasteiger partial charge >= 0.3 is 0 Å². The summed E-state index contributed by atoms with van der Waals surface area (Å²) >= 11 is 11.7. The lowest BCUT2D eigenvalue weighted by Gasteiger charge is -2.09. The molecule has 3 rings (SSSR count). The van der Waals surface area contributed by atoms with E-state index in [2.05, 4.69) is 47.7 Å². The number of benzene rings is 2. The van der Waals surface area contributed by atoms with Crippen LogP contribution in [0, 0.1) is 4.77 Å². The van der Waals surface area contributed by atoms with Crippen molar-refractivity contribution in [1.82, 2.24) is 9.55 Å². The van der Waals surface area contributed by atoms with Crippen LogP contribution < -0.4 is 0 Å². The van der Waals surface area contributed by atoms with Crippen molar-refractivity contribution in [2.45, 2.75) is 26.3 Å². The smallest absolute Gasteiger partial charge is 0.178 e. The predicted octanol–water partition coefficient (Wildman–Crippen LogP) is 5.52. The highest BCUT2D eigenvalue weighted by atomic mass is 35.5. The van der Waals surface area contributed by atoms with Crippen molar-refractivity contribution in [2.24, 2.45) is 0 Å². The predicted molar refractivity (Wildman–Crippen MR) is 91.8 cm³/mol. The number of halogens is 1. The fraction of sp³-hybridized carbons (Fsp3) is 0.235. The molecule has 0 spiro atoms. The SMILES string of the molecule is CC(C)c1ccc(Cn2c(=S)[nH]c3cccc(Cl)c32)cc1. The minimum absolute atomic E-state index is 0.545. The molecule has 1 N–H and O–H groups in total. The van der Waals surface area contributed by atoms with Gasteiger partial charge in [-0.2, -0.15) is 0 Å². The molecule has 0 aliphatic heterocycles. The fourth-order valence-electron chi connectivity index (χ4n) is 2.52. The summed E-state index contributed by atoms with van der Waals surface area (Å²) in [5, 5.41) is 0.721. The van der Waals surface area contributed by atoms with Crippen molar-refractivity contribution in [3.63, 3.8) is 0 Å². The van der Waals surface area contributed by atoms with E-state index in [0.29, 0.717) is 10.7 Å². The molecule has 108 valence electrons. The number of nitrogens with one attached hydrogen (secondary N) is 1. The van der Waals surface area contributed by atoms with Crippen LogP contribution in [-0.2, 0) is 6.54 Å². The number of hydrogen-bond acceptors (Lipinski definition) is 1. The van der Waals surface area contributed by atoms with Crippen molar-refractivity contribution >= 4 is 34.9 Å². The van der Waals surface area contributed by atoms with Crippen molar-refractivity contribution in [1.29, 1.82) is 0 Å². The average Bonchev–Trinajstić information content (AvgIpc) is 2.77. The zero-order valence-electron chi connectivity index (χ0n) is 12.1. The van der Waals surface area contributed by atoms with Crippen LogP contribution in [0.25, 0.3) is 11.0 Å². The van der Waals surface area contributed by atoms with E-state index in [4.69, 9.17) is 23.8 Å². The second kappa shape index (κ2) is 5.66. The third kappa shape index (κ3) is 2.76. The lowest BCUT2D eigenvalue weighted by Crippen LogP contribution is -2.00. The van der Waals surface area contributed by atoms with Crippen molar-refractivity contribution in [3.05, 3.63) is 63.4 Å². The Balaban J connectivity index is 2.02. The number of rotatable bonds is 3. The highest BCUT2D eigenvalue weighted by molar-refractivity contribution is 7.71. The molecule has 0 amide bonds. The molecular formula is C17H17ClN2S. The summed E-state index contributed by atoms with van der Waals surface area (Å²) in [7, 11) is 0. The van der Waals surface area contributed by atoms with Gasteiger partial charge in [0, 0.05) is 0 Å². The molecule has 1 aromatic heterocycles. The maximum atomic E-state index is 6.32. The fourth-order valence-corrected chi connectivity index (χ4v) is 3.06. The lowest BCUT2D eigenvalue weighted by molar-refractivity contribution is 0.806. The minimum atomic E-state index is 0.545. The van der Waals surface area contributed by atoms with Gasteiger partial charge in [0.15, 0.2) is 4.77 Å². The summed E-state index contributed by atoms with van der Waals surface area (Å²) < 4.78 is 2.75. The summed E-state index contributed by atoms with van der Waals surface area (Å²) in [6.07, 6.45) is 0. The van der Waals surface area contributed by atoms with Crippen LogP contribution >= 0.6 is 23.8 Å². The van der Waals surface area contributed by atoms with E-state index >= 15 is 0 Å². The normalized spacial score (nSPS) is 11.4. The first-order valence-corrected chi connectivity index (χ1v) is 7.81. The van der Waals surface area contributed by atoms with Gasteiger partial charge in [0.1, 0.15) is 0 Å². The maximum absolute atomic E-state index is 6.32. The molecule has 0 saturated carbocycles. The maximum Gasteiger partial charge on any atom is 0.178 e. The third-order valence-corrected chi connectivity index (χ3v) is 4.36. The van der Waals surface area contributed by atoms with Crippen molar-refractivity contribution in [2.75, 3.05) is 0 Å². The number of para-hydroxylation sites is 1. The number of aromatic nitrogens is 2. The number of aromatic amines is 1. The highest BCUT2D eigenvalue weighted by Gasteiger charge is 2.08. The first-order valence-electron chi connectivity index (χ1n) is 7.02. The van der Waals surface area contributed by atoms with Gasteiger partial charge in [-0.1, -0.05) is 55.8 Å². The Labute approximate surface area is 134 Å². The zero-order valence-corrected chi connectivity index (χ0v) is 13.6. The Bertz CT molecular complexity index is 828. The molecule has 2 aromatic carbocycles. The van der Waals surface area contributed by atoms with Crippen LogP contribution in [0.4, 0.5) is 0 Å². The Morgan fingerprint density at radius 1 is 1.14 bits per heavy atom. The van der Waals surface area contributed by atoms with Gasteiger partial charge in [0.2, 0.25) is 0 Å². The number of imidazole rings is 1. The van der Waals surface area contributed by atoms with Gasteiger partial charge in [0.05, 0.1) is 22.6 Å². The molecule has 0 aliphatic rings. The molecule has 3 aromatic rings. The minimum Gasteiger partial charge on any atom is -0.331 e. The quantitative estimate of drug-likeness (QED) is 0.631. The van der Waals surface area contributed by atoms with E-state index in [1.165, 1.54) is 11.1 Å². The summed E-state index contributed by atoms with van der Waals surface area (Å²) in [5.74, 6) is 0.545. The Kier molecular flexibility index (Phi) is 3.87. The zero-order chi connectivity index (χ0) is 15.0. The highest BCUT2D eigenvalue weighted by Crippen LogP contribution is 2.24. The number of hydrogen-bond donors (Lipinski definition) is 1. The van der Waals surface area contributed by atoms with Gasteiger partial charge in [-0.3, -0.25) is 0 Å². The van der Waals surface area contributed by atoms with Crippen LogP contribution in [0.5, 0.6) is 0 Å². The second-order valence-corrected chi connectivity index (χ2v) is 6.34. The van der Waals surface area contributed by atoms with Crippen molar-refractivity contribution < 1.29 is 0 Å². The van der Waals surface area contributed by atoms with E-state index in [1.54, 1.807) is 0 Å². The summed E-state index contributed by atoms with van der Waals surface area (Å²) in [6, 6.07) is 14.5. The van der Waals surface area contributed by atoms with Crippen LogP contribution in [0.3, 0.4) is 0 Å². The van der Waals surface area contributed by atoms with E-state index in [-0.39, 0.29) is 0 Å². The molecule has 2 nitrogen and oxygen atoms in total. The molecule has 0 unspecified atom stereocenters. The molecule has 1 heterocycles. The van der Waals surface area contributed by atoms with E-state index in [1.807, 2.05) is 18.2 Å². The average molecular weight is 317 g/mol. The number of fused-ring (bicyclic) bond motifs is 1. The standard InChI is InChI=1S/C17H17ClN2S/c1-11(2)13-8-6-12(7-9-13)10-20-16-14(18)4-3-5-15(16)19-17(20)21/h3-9,11H,10H2,1-2H3,(H,19,21). The van der Waals surface area contributed by atoms with Crippen LogP contribution in [-0.4, -0.2) is 9.55 Å². The molecular weight excluding hydrogens is 300 g/mol. The lowest BCUT2D eigenvalue weighted by atomic mass is 10.0. The molecule has 0 saturated heterocycles. The number of nitrogens with zero attached hydrogens (tertiary/aromatic N) is 1. The monoisotopic (exact) mass is 316 g/mol. The molecule has 4 heteroatoms. The molecule has 0 atom stereocenters. The van der Waals surface area contributed by atoms with Gasteiger partial charge in [-0.05, 0) is 41.4 Å². The van der Waals surface area contributed by atoms with Gasteiger partial charge < -0.3 is 9.55 Å². The second-order valence-electron chi connectivity index (χ2n) is 5.55. The Morgan fingerprint density at radius 3 is 2.52 bits per heavy atom. The van der Waals surface area contributed by atoms with Crippen LogP contribution in [0.2, 0.25) is 5.02 Å². The molecule has 0 radical (unpaired) electrons. The van der Waals surface area contributed by atoms with E-state index < -0.39 is 0 Å². The first-order chi connectivity index (χ1) is 10.1. The first kappa shape index (κ1) is 14.4. The summed E-state index contributed by atoms with van der Waals surface area (Å²) in [6.45, 7) is 5.12. The van der Waals surface area contributed by atoms with Gasteiger partial charge in [0.25, 0.3) is 0 Å². The van der Waals surface area contributed by atoms with E-state index in [0.717, 1.165) is 22.6 Å². The van der Waals surface area contributed by atoms with Gasteiger partial charge in [-0.25, -0.2) is 0 Å². The number of H-pyrrole nitrogens is 1.